The van der Waals surface area contributed by atoms with Crippen molar-refractivity contribution < 1.29 is 19.5 Å². The van der Waals surface area contributed by atoms with Crippen LogP contribution in [0.2, 0.25) is 0 Å². The molecule has 1 N–H and O–H groups in total. The number of aromatic nitrogens is 2. The summed E-state index contributed by atoms with van der Waals surface area (Å²) in [5, 5.41) is 14.0. The zero-order valence-corrected chi connectivity index (χ0v) is 32.1. The summed E-state index contributed by atoms with van der Waals surface area (Å²) in [6.07, 6.45) is 11.0. The van der Waals surface area contributed by atoms with Crippen LogP contribution in [-0.2, 0) is 4.79 Å². The van der Waals surface area contributed by atoms with Gasteiger partial charge in [-0.25, -0.2) is 9.97 Å². The normalized spacial score (nSPS) is 21.6. The summed E-state index contributed by atoms with van der Waals surface area (Å²) in [6.45, 7) is 15.5. The maximum absolute atomic E-state index is 12.6. The Bertz CT molecular complexity index is 1480. The number of pyridine rings is 1. The van der Waals surface area contributed by atoms with Crippen molar-refractivity contribution >= 4 is 28.1 Å². The first kappa shape index (κ1) is 39.4. The molecule has 2 aliphatic rings. The molecule has 2 heterocycles. The third-order valence-corrected chi connectivity index (χ3v) is 10.1. The van der Waals surface area contributed by atoms with Crippen molar-refractivity contribution in [3.63, 3.8) is 0 Å². The fourth-order valence-electron chi connectivity index (χ4n) is 6.11. The van der Waals surface area contributed by atoms with E-state index in [0.29, 0.717) is 5.92 Å². The van der Waals surface area contributed by atoms with Crippen molar-refractivity contribution in [1.82, 2.24) is 19.9 Å². The molecule has 2 aromatic heterocycles. The van der Waals surface area contributed by atoms with Gasteiger partial charge < -0.3 is 19.6 Å². The Morgan fingerprint density at radius 2 is 1.77 bits per heavy atom. The van der Waals surface area contributed by atoms with Crippen molar-refractivity contribution in [1.29, 1.82) is 0 Å². The second-order valence-electron chi connectivity index (χ2n) is 13.7. The van der Waals surface area contributed by atoms with Crippen molar-refractivity contribution in [2.45, 2.75) is 99.0 Å². The number of hydrogen-bond acceptors (Lipinski definition) is 8. The molecule has 2 aliphatic carbocycles. The summed E-state index contributed by atoms with van der Waals surface area (Å²) < 4.78 is 12.1. The molecular formula is C39H60N4O4S. The first-order valence-corrected chi connectivity index (χ1v) is 18.7. The Labute approximate surface area is 293 Å². The van der Waals surface area contributed by atoms with Crippen LogP contribution in [-0.4, -0.2) is 71.9 Å². The summed E-state index contributed by atoms with van der Waals surface area (Å²) in [6, 6.07) is 5.97. The molecule has 8 nitrogen and oxygen atoms in total. The number of rotatable bonds is 12. The minimum absolute atomic E-state index is 0.00744. The zero-order chi connectivity index (χ0) is 35.5. The Kier molecular flexibility index (Phi) is 15.3. The van der Waals surface area contributed by atoms with E-state index in [4.69, 9.17) is 24.6 Å². The molecule has 9 heteroatoms. The quantitative estimate of drug-likeness (QED) is 0.116. The average Bonchev–Trinajstić information content (AvgIpc) is 3.39. The van der Waals surface area contributed by atoms with Crippen LogP contribution in [0.15, 0.2) is 35.7 Å². The van der Waals surface area contributed by atoms with Gasteiger partial charge in [0.1, 0.15) is 22.2 Å². The maximum Gasteiger partial charge on any atom is 0.225 e. The Morgan fingerprint density at radius 3 is 2.35 bits per heavy atom. The molecule has 0 aliphatic heterocycles. The van der Waals surface area contributed by atoms with E-state index < -0.39 is 0 Å². The second kappa shape index (κ2) is 18.7. The van der Waals surface area contributed by atoms with Crippen LogP contribution in [0, 0.1) is 30.6 Å². The van der Waals surface area contributed by atoms with E-state index in [-0.39, 0.29) is 23.8 Å². The van der Waals surface area contributed by atoms with Crippen LogP contribution < -0.4 is 9.47 Å². The smallest absolute Gasteiger partial charge is 0.225 e. The molecule has 5 atom stereocenters. The molecule has 48 heavy (non-hydrogen) atoms. The number of ether oxygens (including phenoxy) is 2. The Hall–Kier alpha value is -3.01. The number of methoxy groups -OCH3 is 1. The number of hydroxylamine groups is 2. The first-order valence-electron chi connectivity index (χ1n) is 17.8. The summed E-state index contributed by atoms with van der Waals surface area (Å²) in [7, 11) is 7.01. The molecule has 0 unspecified atom stereocenters. The largest absolute Gasteiger partial charge is 0.496 e. The maximum atomic E-state index is 12.6. The predicted molar refractivity (Wildman–Crippen MR) is 199 cm³/mol. The third kappa shape index (κ3) is 10.7. The van der Waals surface area contributed by atoms with Gasteiger partial charge in [-0.1, -0.05) is 53.7 Å². The molecule has 1 aromatic carbocycles. The van der Waals surface area contributed by atoms with Crippen molar-refractivity contribution in [3.05, 3.63) is 47.0 Å². The number of nitrogens with zero attached hydrogens (tertiary/aromatic N) is 4. The van der Waals surface area contributed by atoms with Crippen LogP contribution in [0.3, 0.4) is 0 Å². The van der Waals surface area contributed by atoms with Gasteiger partial charge in [-0.3, -0.25) is 4.79 Å². The van der Waals surface area contributed by atoms with E-state index in [0.717, 1.165) is 88.4 Å². The van der Waals surface area contributed by atoms with Crippen LogP contribution in [0.25, 0.3) is 21.6 Å². The van der Waals surface area contributed by atoms with E-state index >= 15 is 0 Å². The minimum atomic E-state index is -0.0164. The lowest BCUT2D eigenvalue weighted by molar-refractivity contribution is -0.134. The van der Waals surface area contributed by atoms with Crippen LogP contribution in [0.5, 0.6) is 11.5 Å². The van der Waals surface area contributed by atoms with Crippen molar-refractivity contribution in [2.24, 2.45) is 23.7 Å². The number of carbonyl (C=O) groups is 1. The van der Waals surface area contributed by atoms with Gasteiger partial charge in [-0.2, -0.15) is 5.06 Å². The van der Waals surface area contributed by atoms with Gasteiger partial charge >= 0.3 is 0 Å². The molecule has 0 radical (unpaired) electrons. The van der Waals surface area contributed by atoms with E-state index in [1.807, 2.05) is 53.1 Å². The van der Waals surface area contributed by atoms with E-state index in [2.05, 4.69) is 45.2 Å². The highest BCUT2D eigenvalue weighted by atomic mass is 32.1. The number of allylic oxidation sites excluding steroid dienone is 2. The molecule has 0 spiro atoms. The molecule has 3 aromatic rings. The standard InChI is InChI=1S/C26H33N3O3S.C11H21NO.C2H6/c1-14(2)21-13-33-25(28-21)20-12-23(18-8-9-22(31-7)16(4)24(18)27-20)32-17-10-15(3)19(11-17)26(30)29(5)6;1-10-9-11(10)7-5-3-4-6-8-12(2)13;1-2/h8-9,12-15,17,19H,10-11H2,1-7H3;5,7,10-11,13H,3-4,6,8-9H2,1-2H3;1-2H3/b;7-5+;/t15-,17+,19-;10-,11-;/m11./s1. The molecule has 2 fully saturated rings. The van der Waals surface area contributed by atoms with Crippen LogP contribution >= 0.6 is 11.3 Å². The predicted octanol–water partition coefficient (Wildman–Crippen LogP) is 9.40. The number of amides is 1. The van der Waals surface area contributed by atoms with Crippen LogP contribution in [0.1, 0.15) is 97.2 Å². The number of benzene rings is 1. The highest BCUT2D eigenvalue weighted by Gasteiger charge is 2.38. The molecule has 0 bridgehead atoms. The van der Waals surface area contributed by atoms with Crippen molar-refractivity contribution in [3.8, 4) is 22.2 Å². The summed E-state index contributed by atoms with van der Waals surface area (Å²) in [5.41, 5.74) is 3.70. The number of aryl methyl sites for hydroxylation is 1. The summed E-state index contributed by atoms with van der Waals surface area (Å²) >= 11 is 1.60. The molecule has 2 saturated carbocycles. The number of thiazole rings is 1. The summed E-state index contributed by atoms with van der Waals surface area (Å²) in [5.74, 6) is 4.21. The zero-order valence-electron chi connectivity index (χ0n) is 31.2. The van der Waals surface area contributed by atoms with Gasteiger partial charge in [-0.05, 0) is 81.3 Å². The Balaban J connectivity index is 0.000000349. The fourth-order valence-corrected chi connectivity index (χ4v) is 7.05. The molecule has 1 amide bonds. The molecule has 0 saturated heterocycles. The number of fused-ring (bicyclic) bond motifs is 1. The van der Waals surface area contributed by atoms with Gasteiger partial charge in [-0.15, -0.1) is 11.3 Å². The van der Waals surface area contributed by atoms with E-state index in [1.54, 1.807) is 30.4 Å². The lowest BCUT2D eigenvalue weighted by Crippen LogP contribution is -2.31. The first-order chi connectivity index (χ1) is 22.9. The van der Waals surface area contributed by atoms with Crippen LogP contribution in [0.4, 0.5) is 0 Å². The van der Waals surface area contributed by atoms with Gasteiger partial charge in [0.05, 0.1) is 24.4 Å². The minimum Gasteiger partial charge on any atom is -0.496 e. The third-order valence-electron chi connectivity index (χ3n) is 9.25. The van der Waals surface area contributed by atoms with Gasteiger partial charge in [0.25, 0.3) is 0 Å². The van der Waals surface area contributed by atoms with Gasteiger partial charge in [0, 0.05) is 56.0 Å². The average molecular weight is 681 g/mol. The van der Waals surface area contributed by atoms with E-state index in [1.165, 1.54) is 17.9 Å². The monoisotopic (exact) mass is 680 g/mol. The highest BCUT2D eigenvalue weighted by Crippen LogP contribution is 2.41. The molecular weight excluding hydrogens is 621 g/mol. The van der Waals surface area contributed by atoms with E-state index in [9.17, 15) is 4.79 Å². The SMILES string of the molecule is CC.COc1ccc2c(O[C@H]3C[C@@H](C)[C@H](C(=O)N(C)C)C3)cc(-c3nc(C(C)C)cs3)nc2c1C.C[C@@H]1C[C@H]1/C=C/CCCCN(C)O. The fraction of sp³-hybridized carbons (Fsp3) is 0.615. The van der Waals surface area contributed by atoms with Gasteiger partial charge in [0.15, 0.2) is 0 Å². The number of hydrogen-bond donors (Lipinski definition) is 1. The highest BCUT2D eigenvalue weighted by molar-refractivity contribution is 7.13. The molecule has 5 rings (SSSR count). The second-order valence-corrected chi connectivity index (χ2v) is 14.6. The lowest BCUT2D eigenvalue weighted by atomic mass is 9.97. The molecule has 266 valence electrons. The lowest BCUT2D eigenvalue weighted by Gasteiger charge is -2.19. The Morgan fingerprint density at radius 1 is 1.06 bits per heavy atom. The topological polar surface area (TPSA) is 88.0 Å². The number of unbranched alkanes of at least 4 members (excludes halogenated alkanes) is 2. The van der Waals surface area contributed by atoms with Crippen molar-refractivity contribution in [2.75, 3.05) is 34.8 Å². The number of carbonyl (C=O) groups excluding carboxylic acids is 1. The van der Waals surface area contributed by atoms with Gasteiger partial charge in [0.2, 0.25) is 5.91 Å². The summed E-state index contributed by atoms with van der Waals surface area (Å²) in [4.78, 5) is 24.1.